The van der Waals surface area contributed by atoms with E-state index in [0.29, 0.717) is 6.04 Å². The molecule has 2 fully saturated rings. The van der Waals surface area contributed by atoms with Gasteiger partial charge in [-0.15, -0.1) is 0 Å². The summed E-state index contributed by atoms with van der Waals surface area (Å²) in [6.45, 7) is 4.04. The Kier molecular flexibility index (Phi) is 5.64. The van der Waals surface area contributed by atoms with Gasteiger partial charge in [-0.05, 0) is 19.9 Å². The maximum absolute atomic E-state index is 12.0. The zero-order valence-corrected chi connectivity index (χ0v) is 12.5. The van der Waals surface area contributed by atoms with Crippen molar-refractivity contribution in [1.82, 2.24) is 15.1 Å². The van der Waals surface area contributed by atoms with Crippen LogP contribution in [0.2, 0.25) is 0 Å². The molecule has 1 saturated carbocycles. The van der Waals surface area contributed by atoms with Gasteiger partial charge in [0.2, 0.25) is 5.91 Å². The lowest BCUT2D eigenvalue weighted by Crippen LogP contribution is -2.43. The van der Waals surface area contributed by atoms with Crippen molar-refractivity contribution in [2.75, 3.05) is 40.3 Å². The van der Waals surface area contributed by atoms with Crippen LogP contribution in [0.3, 0.4) is 0 Å². The fraction of sp³-hybridized carbons (Fsp3) is 0.933. The number of likely N-dealkylation sites (N-methyl/N-ethyl adjacent to an activating group) is 1. The van der Waals surface area contributed by atoms with Gasteiger partial charge in [-0.1, -0.05) is 25.7 Å². The molecule has 0 aromatic rings. The topological polar surface area (TPSA) is 35.6 Å². The number of amides is 1. The Morgan fingerprint density at radius 2 is 1.74 bits per heavy atom. The summed E-state index contributed by atoms with van der Waals surface area (Å²) in [4.78, 5) is 16.9. The highest BCUT2D eigenvalue weighted by molar-refractivity contribution is 5.78. The van der Waals surface area contributed by atoms with E-state index in [4.69, 9.17) is 0 Å². The summed E-state index contributed by atoms with van der Waals surface area (Å²) in [7, 11) is 3.88. The minimum absolute atomic E-state index is 0.126. The van der Waals surface area contributed by atoms with Gasteiger partial charge in [0, 0.05) is 39.3 Å². The highest BCUT2D eigenvalue weighted by Crippen LogP contribution is 2.23. The van der Waals surface area contributed by atoms with E-state index < -0.39 is 0 Å². The lowest BCUT2D eigenvalue weighted by atomic mass is 10.0. The average molecular weight is 267 g/mol. The summed E-state index contributed by atoms with van der Waals surface area (Å²) in [5.74, 6) is 0.327. The Hall–Kier alpha value is -0.610. The number of hydrogen-bond donors (Lipinski definition) is 1. The Morgan fingerprint density at radius 3 is 2.37 bits per heavy atom. The molecule has 0 spiro atoms. The molecule has 1 saturated heterocycles. The lowest BCUT2D eigenvalue weighted by Gasteiger charge is -2.31. The quantitative estimate of drug-likeness (QED) is 0.767. The zero-order valence-electron chi connectivity index (χ0n) is 12.5. The third-order valence-electron chi connectivity index (χ3n) is 4.71. The van der Waals surface area contributed by atoms with Crippen LogP contribution >= 0.6 is 0 Å². The third kappa shape index (κ3) is 4.18. The second-order valence-corrected chi connectivity index (χ2v) is 6.21. The van der Waals surface area contributed by atoms with Crippen molar-refractivity contribution < 1.29 is 4.79 Å². The van der Waals surface area contributed by atoms with Crippen LogP contribution in [0, 0.1) is 5.92 Å². The van der Waals surface area contributed by atoms with Crippen LogP contribution in [-0.2, 0) is 4.79 Å². The minimum atomic E-state index is 0.126. The van der Waals surface area contributed by atoms with Gasteiger partial charge in [-0.3, -0.25) is 9.69 Å². The molecular formula is C15H29N3O. The first-order valence-corrected chi connectivity index (χ1v) is 7.85. The van der Waals surface area contributed by atoms with Crippen molar-refractivity contribution in [2.45, 2.75) is 44.6 Å². The second-order valence-electron chi connectivity index (χ2n) is 6.21. The van der Waals surface area contributed by atoms with Crippen molar-refractivity contribution in [3.05, 3.63) is 0 Å². The predicted molar refractivity (Wildman–Crippen MR) is 78.1 cm³/mol. The first-order valence-electron chi connectivity index (χ1n) is 7.85. The highest BCUT2D eigenvalue weighted by Gasteiger charge is 2.29. The first kappa shape index (κ1) is 14.8. The van der Waals surface area contributed by atoms with E-state index >= 15 is 0 Å². The molecule has 1 aliphatic carbocycles. The summed E-state index contributed by atoms with van der Waals surface area (Å²) in [6.07, 6.45) is 8.16. The molecule has 4 heteroatoms. The molecule has 1 atom stereocenters. The average Bonchev–Trinajstić information content (AvgIpc) is 2.78. The third-order valence-corrected chi connectivity index (χ3v) is 4.71. The normalized spacial score (nSPS) is 28.6. The van der Waals surface area contributed by atoms with Gasteiger partial charge in [0.25, 0.3) is 0 Å². The van der Waals surface area contributed by atoms with Gasteiger partial charge in [-0.25, -0.2) is 0 Å². The molecule has 2 rings (SSSR count). The number of carbonyl (C=O) groups is 1. The van der Waals surface area contributed by atoms with E-state index in [1.807, 2.05) is 0 Å². The SMILES string of the molecule is CNC(=O)C1CN(C)CCN(C2CCCCCC2)C1. The van der Waals surface area contributed by atoms with Crippen LogP contribution in [0.5, 0.6) is 0 Å². The maximum atomic E-state index is 12.0. The van der Waals surface area contributed by atoms with Gasteiger partial charge < -0.3 is 10.2 Å². The van der Waals surface area contributed by atoms with Gasteiger partial charge in [0.15, 0.2) is 0 Å². The molecule has 110 valence electrons. The standard InChI is InChI=1S/C15H29N3O/c1-16-15(19)13-11-17(2)9-10-18(12-13)14-7-5-3-4-6-8-14/h13-14H,3-12H2,1-2H3,(H,16,19). The van der Waals surface area contributed by atoms with Gasteiger partial charge in [-0.2, -0.15) is 0 Å². The predicted octanol–water partition coefficient (Wildman–Crippen LogP) is 1.32. The number of hydrogen-bond acceptors (Lipinski definition) is 3. The van der Waals surface area contributed by atoms with E-state index in [1.165, 1.54) is 38.5 Å². The van der Waals surface area contributed by atoms with Crippen LogP contribution in [0.4, 0.5) is 0 Å². The molecule has 2 aliphatic rings. The van der Waals surface area contributed by atoms with Gasteiger partial charge >= 0.3 is 0 Å². The highest BCUT2D eigenvalue weighted by atomic mass is 16.1. The Bertz CT molecular complexity index is 287. The van der Waals surface area contributed by atoms with Gasteiger partial charge in [0.1, 0.15) is 0 Å². The minimum Gasteiger partial charge on any atom is -0.359 e. The smallest absolute Gasteiger partial charge is 0.225 e. The molecule has 0 aromatic carbocycles. The van der Waals surface area contributed by atoms with Crippen LogP contribution in [0.15, 0.2) is 0 Å². The molecule has 1 aliphatic heterocycles. The summed E-state index contributed by atoms with van der Waals surface area (Å²) < 4.78 is 0. The summed E-state index contributed by atoms with van der Waals surface area (Å²) in [5, 5.41) is 2.83. The van der Waals surface area contributed by atoms with Crippen molar-refractivity contribution in [3.8, 4) is 0 Å². The second kappa shape index (κ2) is 7.25. The summed E-state index contributed by atoms with van der Waals surface area (Å²) in [5.41, 5.74) is 0. The molecule has 1 amide bonds. The van der Waals surface area contributed by atoms with Crippen molar-refractivity contribution in [1.29, 1.82) is 0 Å². The number of carbonyl (C=O) groups excluding carboxylic acids is 1. The fourth-order valence-electron chi connectivity index (χ4n) is 3.52. The molecule has 1 heterocycles. The van der Waals surface area contributed by atoms with E-state index in [9.17, 15) is 4.79 Å². The molecular weight excluding hydrogens is 238 g/mol. The zero-order chi connectivity index (χ0) is 13.7. The Morgan fingerprint density at radius 1 is 1.05 bits per heavy atom. The molecule has 0 radical (unpaired) electrons. The van der Waals surface area contributed by atoms with Crippen LogP contribution in [-0.4, -0.2) is 62.0 Å². The molecule has 1 unspecified atom stereocenters. The lowest BCUT2D eigenvalue weighted by molar-refractivity contribution is -0.125. The maximum Gasteiger partial charge on any atom is 0.225 e. The van der Waals surface area contributed by atoms with Crippen molar-refractivity contribution in [3.63, 3.8) is 0 Å². The van der Waals surface area contributed by atoms with Crippen molar-refractivity contribution in [2.24, 2.45) is 5.92 Å². The molecule has 4 nitrogen and oxygen atoms in total. The van der Waals surface area contributed by atoms with E-state index in [1.54, 1.807) is 7.05 Å². The number of nitrogens with zero attached hydrogens (tertiary/aromatic N) is 2. The Labute approximate surface area is 117 Å². The monoisotopic (exact) mass is 267 g/mol. The van der Waals surface area contributed by atoms with Crippen LogP contribution in [0.25, 0.3) is 0 Å². The largest absolute Gasteiger partial charge is 0.359 e. The van der Waals surface area contributed by atoms with E-state index in [2.05, 4.69) is 22.2 Å². The van der Waals surface area contributed by atoms with Gasteiger partial charge in [0.05, 0.1) is 5.92 Å². The van der Waals surface area contributed by atoms with Crippen LogP contribution < -0.4 is 5.32 Å². The first-order chi connectivity index (χ1) is 9.20. The van der Waals surface area contributed by atoms with Crippen LogP contribution in [0.1, 0.15) is 38.5 Å². The molecule has 0 bridgehead atoms. The van der Waals surface area contributed by atoms with Crippen molar-refractivity contribution >= 4 is 5.91 Å². The molecule has 1 N–H and O–H groups in total. The van der Waals surface area contributed by atoms with E-state index in [-0.39, 0.29) is 11.8 Å². The van der Waals surface area contributed by atoms with E-state index in [0.717, 1.165) is 26.2 Å². The number of rotatable bonds is 2. The fourth-order valence-corrected chi connectivity index (χ4v) is 3.52. The molecule has 19 heavy (non-hydrogen) atoms. The summed E-state index contributed by atoms with van der Waals surface area (Å²) >= 11 is 0. The Balaban J connectivity index is 2.00. The number of nitrogens with one attached hydrogen (secondary N) is 1. The molecule has 0 aromatic heterocycles. The summed E-state index contributed by atoms with van der Waals surface area (Å²) in [6, 6.07) is 0.709.